The molecule has 4 nitrogen and oxygen atoms in total. The summed E-state index contributed by atoms with van der Waals surface area (Å²) in [5.74, 6) is -0.311. The molecule has 2 aliphatic rings. The first kappa shape index (κ1) is 23.5. The molecule has 0 radical (unpaired) electrons. The van der Waals surface area contributed by atoms with Crippen molar-refractivity contribution in [1.82, 2.24) is 10.9 Å². The van der Waals surface area contributed by atoms with Crippen molar-refractivity contribution in [2.45, 2.75) is 38.0 Å². The molecule has 2 saturated heterocycles. The van der Waals surface area contributed by atoms with Crippen LogP contribution in [-0.4, -0.2) is 25.5 Å². The van der Waals surface area contributed by atoms with Crippen LogP contribution in [0.5, 0.6) is 0 Å². The molecule has 6 heteroatoms. The van der Waals surface area contributed by atoms with Crippen LogP contribution in [0.15, 0.2) is 72.8 Å². The van der Waals surface area contributed by atoms with Crippen LogP contribution in [0.3, 0.4) is 0 Å². The summed E-state index contributed by atoms with van der Waals surface area (Å²) in [7, 11) is 0. The minimum atomic E-state index is -0.275. The Morgan fingerprint density at radius 3 is 2.03 bits per heavy atom. The zero-order valence-electron chi connectivity index (χ0n) is 19.8. The third-order valence-corrected chi connectivity index (χ3v) is 7.65. The predicted octanol–water partition coefficient (Wildman–Crippen LogP) is 5.34. The maximum Gasteiger partial charge on any atom is 0.241 e. The molecule has 0 unspecified atom stereocenters. The highest BCUT2D eigenvalue weighted by molar-refractivity contribution is 5.84. The Hall–Kier alpha value is -3.25. The molecule has 182 valence electrons. The fraction of sp³-hybridized carbons (Fsp3) is 0.345. The molecule has 2 aliphatic heterocycles. The van der Waals surface area contributed by atoms with Crippen molar-refractivity contribution in [2.24, 2.45) is 5.41 Å². The van der Waals surface area contributed by atoms with E-state index in [1.165, 1.54) is 35.5 Å². The number of anilines is 1. The van der Waals surface area contributed by atoms with E-state index in [0.29, 0.717) is 6.54 Å². The van der Waals surface area contributed by atoms with Gasteiger partial charge in [0, 0.05) is 31.2 Å². The smallest absolute Gasteiger partial charge is 0.241 e. The number of piperidine rings is 1. The van der Waals surface area contributed by atoms with Gasteiger partial charge in [-0.15, -0.1) is 0 Å². The lowest BCUT2D eigenvalue weighted by Gasteiger charge is -2.38. The lowest BCUT2D eigenvalue weighted by Crippen LogP contribution is -2.45. The standard InChI is InChI=1S/C29H31F2N3O/c30-24-12-8-21(9-13-24)26(22-10-14-25(31)15-11-22)6-3-5-23-4-1-2-7-27(23)34-18-16-29(17-19-34)20-32-33-28(29)35/h1-2,4,7-15,26,32H,3,5-6,16-20H2,(H,33,35). The average Bonchev–Trinajstić information content (AvgIpc) is 3.23. The number of hydrazine groups is 1. The molecular formula is C29H31F2N3O. The van der Waals surface area contributed by atoms with E-state index >= 15 is 0 Å². The number of nitrogens with zero attached hydrogens (tertiary/aromatic N) is 1. The van der Waals surface area contributed by atoms with E-state index in [9.17, 15) is 13.6 Å². The SMILES string of the molecule is O=C1NNCC12CCN(c1ccccc1CCCC(c1ccc(F)cc1)c1ccc(F)cc1)CC2. The molecule has 5 rings (SSSR count). The molecule has 35 heavy (non-hydrogen) atoms. The van der Waals surface area contributed by atoms with Gasteiger partial charge in [-0.25, -0.2) is 14.2 Å². The Morgan fingerprint density at radius 2 is 1.46 bits per heavy atom. The number of para-hydroxylation sites is 1. The van der Waals surface area contributed by atoms with Crippen molar-refractivity contribution in [2.75, 3.05) is 24.5 Å². The highest BCUT2D eigenvalue weighted by Gasteiger charge is 2.44. The van der Waals surface area contributed by atoms with Gasteiger partial charge in [0.15, 0.2) is 0 Å². The monoisotopic (exact) mass is 475 g/mol. The zero-order chi connectivity index (χ0) is 24.3. The molecule has 2 heterocycles. The fourth-order valence-corrected chi connectivity index (χ4v) is 5.53. The van der Waals surface area contributed by atoms with Crippen molar-refractivity contribution in [3.05, 3.63) is 101 Å². The van der Waals surface area contributed by atoms with Gasteiger partial charge in [0.1, 0.15) is 11.6 Å². The Balaban J connectivity index is 1.28. The molecule has 0 atom stereocenters. The second kappa shape index (κ2) is 10.2. The van der Waals surface area contributed by atoms with Gasteiger partial charge in [-0.3, -0.25) is 10.2 Å². The second-order valence-electron chi connectivity index (χ2n) is 9.75. The third-order valence-electron chi connectivity index (χ3n) is 7.65. The van der Waals surface area contributed by atoms with Crippen LogP contribution < -0.4 is 15.8 Å². The van der Waals surface area contributed by atoms with Crippen LogP contribution >= 0.6 is 0 Å². The Morgan fingerprint density at radius 1 is 0.857 bits per heavy atom. The van der Waals surface area contributed by atoms with Crippen molar-refractivity contribution in [1.29, 1.82) is 0 Å². The molecule has 2 N–H and O–H groups in total. The number of halogens is 2. The minimum Gasteiger partial charge on any atom is -0.371 e. The highest BCUT2D eigenvalue weighted by atomic mass is 19.1. The van der Waals surface area contributed by atoms with E-state index in [1.54, 1.807) is 0 Å². The van der Waals surface area contributed by atoms with E-state index < -0.39 is 0 Å². The van der Waals surface area contributed by atoms with Crippen LogP contribution in [0.25, 0.3) is 0 Å². The fourth-order valence-electron chi connectivity index (χ4n) is 5.53. The predicted molar refractivity (Wildman–Crippen MR) is 134 cm³/mol. The van der Waals surface area contributed by atoms with Gasteiger partial charge in [0.25, 0.3) is 0 Å². The van der Waals surface area contributed by atoms with Crippen LogP contribution in [-0.2, 0) is 11.2 Å². The normalized spacial score (nSPS) is 17.2. The van der Waals surface area contributed by atoms with Crippen LogP contribution in [0.2, 0.25) is 0 Å². The topological polar surface area (TPSA) is 44.4 Å². The summed E-state index contributed by atoms with van der Waals surface area (Å²) >= 11 is 0. The number of carbonyl (C=O) groups excluding carboxylic acids is 1. The van der Waals surface area contributed by atoms with Gasteiger partial charge in [-0.05, 0) is 79.1 Å². The van der Waals surface area contributed by atoms with E-state index in [4.69, 9.17) is 0 Å². The van der Waals surface area contributed by atoms with Gasteiger partial charge in [0.05, 0.1) is 5.41 Å². The van der Waals surface area contributed by atoms with Gasteiger partial charge in [-0.2, -0.15) is 0 Å². The number of hydrogen-bond donors (Lipinski definition) is 2. The van der Waals surface area contributed by atoms with Crippen molar-refractivity contribution >= 4 is 11.6 Å². The molecule has 1 amide bonds. The summed E-state index contributed by atoms with van der Waals surface area (Å²) in [6.45, 7) is 2.43. The van der Waals surface area contributed by atoms with E-state index in [2.05, 4.69) is 40.0 Å². The highest BCUT2D eigenvalue weighted by Crippen LogP contribution is 2.37. The second-order valence-corrected chi connectivity index (χ2v) is 9.75. The van der Waals surface area contributed by atoms with Crippen LogP contribution in [0.1, 0.15) is 48.3 Å². The number of rotatable bonds is 7. The van der Waals surface area contributed by atoms with Gasteiger partial charge in [0.2, 0.25) is 5.91 Å². The lowest BCUT2D eigenvalue weighted by molar-refractivity contribution is -0.128. The average molecular weight is 476 g/mol. The first-order chi connectivity index (χ1) is 17.0. The van der Waals surface area contributed by atoms with Gasteiger partial charge in [-0.1, -0.05) is 42.5 Å². The molecule has 0 aromatic heterocycles. The zero-order valence-corrected chi connectivity index (χ0v) is 19.8. The maximum atomic E-state index is 13.5. The number of nitrogens with one attached hydrogen (secondary N) is 2. The molecule has 0 aliphatic carbocycles. The molecule has 3 aromatic rings. The largest absolute Gasteiger partial charge is 0.371 e. The molecule has 0 saturated carbocycles. The van der Waals surface area contributed by atoms with Crippen LogP contribution in [0, 0.1) is 17.0 Å². The molecule has 1 spiro atoms. The lowest BCUT2D eigenvalue weighted by atomic mass is 9.78. The summed E-state index contributed by atoms with van der Waals surface area (Å²) < 4.78 is 27.1. The van der Waals surface area contributed by atoms with Gasteiger partial charge < -0.3 is 4.90 Å². The summed E-state index contributed by atoms with van der Waals surface area (Å²) in [4.78, 5) is 14.7. The number of benzene rings is 3. The number of carbonyl (C=O) groups is 1. The Bertz CT molecular complexity index is 1110. The minimum absolute atomic E-state index is 0.0755. The first-order valence-electron chi connectivity index (χ1n) is 12.4. The number of hydrogen-bond acceptors (Lipinski definition) is 3. The quantitative estimate of drug-likeness (QED) is 0.485. The summed E-state index contributed by atoms with van der Waals surface area (Å²) in [6.07, 6.45) is 4.43. The summed E-state index contributed by atoms with van der Waals surface area (Å²) in [5.41, 5.74) is 10.1. The van der Waals surface area contributed by atoms with Gasteiger partial charge >= 0.3 is 0 Å². The van der Waals surface area contributed by atoms with E-state index in [-0.39, 0.29) is 28.9 Å². The summed E-state index contributed by atoms with van der Waals surface area (Å²) in [6, 6.07) is 21.8. The molecule has 0 bridgehead atoms. The Labute approximate surface area is 205 Å². The molecular weight excluding hydrogens is 444 g/mol. The number of amides is 1. The molecule has 2 fully saturated rings. The molecule has 3 aromatic carbocycles. The van der Waals surface area contributed by atoms with Crippen molar-refractivity contribution in [3.8, 4) is 0 Å². The van der Waals surface area contributed by atoms with Crippen molar-refractivity contribution < 1.29 is 13.6 Å². The van der Waals surface area contributed by atoms with Crippen LogP contribution in [0.4, 0.5) is 14.5 Å². The number of aryl methyl sites for hydroxylation is 1. The van der Waals surface area contributed by atoms with E-state index in [1.807, 2.05) is 24.3 Å². The third kappa shape index (κ3) is 5.08. The maximum absolute atomic E-state index is 13.5. The van der Waals surface area contributed by atoms with Crippen molar-refractivity contribution in [3.63, 3.8) is 0 Å². The summed E-state index contributed by atoms with van der Waals surface area (Å²) in [5, 5.41) is 0. The Kier molecular flexibility index (Phi) is 6.82. The first-order valence-corrected chi connectivity index (χ1v) is 12.4. The van der Waals surface area contributed by atoms with E-state index in [0.717, 1.165) is 56.3 Å².